The van der Waals surface area contributed by atoms with Gasteiger partial charge in [-0.3, -0.25) is 4.99 Å². The number of rotatable bonds is 1. The van der Waals surface area contributed by atoms with Crippen LogP contribution in [0.5, 0.6) is 0 Å². The van der Waals surface area contributed by atoms with Crippen LogP contribution in [0.1, 0.15) is 6.92 Å². The van der Waals surface area contributed by atoms with Gasteiger partial charge in [0, 0.05) is 7.05 Å². The zero-order valence-electron chi connectivity index (χ0n) is 5.81. The van der Waals surface area contributed by atoms with E-state index in [1.54, 1.807) is 6.92 Å². The molecular formula is C6H10FNO. The molecule has 0 aromatic heterocycles. The fourth-order valence-corrected chi connectivity index (χ4v) is 0.419. The molecule has 0 fully saturated rings. The molecule has 0 amide bonds. The van der Waals surface area contributed by atoms with Gasteiger partial charge in [0.1, 0.15) is 0 Å². The number of nitrogens with zero attached hydrogens (tertiary/aromatic N) is 1. The number of hydrogen-bond acceptors (Lipinski definition) is 2. The number of methoxy groups -OCH3 is 1. The van der Waals surface area contributed by atoms with Crippen LogP contribution in [0.25, 0.3) is 0 Å². The summed E-state index contributed by atoms with van der Waals surface area (Å²) in [6.45, 7) is 1.58. The van der Waals surface area contributed by atoms with Crippen molar-refractivity contribution in [1.29, 1.82) is 0 Å². The van der Waals surface area contributed by atoms with Gasteiger partial charge in [-0.15, -0.1) is 0 Å². The van der Waals surface area contributed by atoms with E-state index in [0.29, 0.717) is 0 Å². The van der Waals surface area contributed by atoms with E-state index in [-0.39, 0.29) is 5.90 Å². The molecule has 0 bridgehead atoms. The summed E-state index contributed by atoms with van der Waals surface area (Å²) in [5.41, 5.74) is 0. The van der Waals surface area contributed by atoms with Crippen molar-refractivity contribution in [3.05, 3.63) is 11.9 Å². The first kappa shape index (κ1) is 8.14. The summed E-state index contributed by atoms with van der Waals surface area (Å²) in [4.78, 5) is 3.53. The largest absolute Gasteiger partial charge is 0.479 e. The maximum atomic E-state index is 12.4. The maximum Gasteiger partial charge on any atom is 0.244 e. The van der Waals surface area contributed by atoms with Crippen LogP contribution in [0.2, 0.25) is 0 Å². The molecule has 2 nitrogen and oxygen atoms in total. The molecule has 0 aliphatic carbocycles. The number of hydrogen-bond donors (Lipinski definition) is 0. The summed E-state index contributed by atoms with van der Waals surface area (Å²) in [5.74, 6) is -0.391. The molecule has 0 rings (SSSR count). The summed E-state index contributed by atoms with van der Waals surface area (Å²) < 4.78 is 17.0. The van der Waals surface area contributed by atoms with Gasteiger partial charge in [0.2, 0.25) is 5.90 Å². The highest BCUT2D eigenvalue weighted by Gasteiger charge is 2.00. The fraction of sp³-hybridized carbons (Fsp3) is 0.500. The van der Waals surface area contributed by atoms with Gasteiger partial charge in [-0.05, 0) is 13.0 Å². The van der Waals surface area contributed by atoms with E-state index >= 15 is 0 Å². The van der Waals surface area contributed by atoms with E-state index in [9.17, 15) is 4.39 Å². The Labute approximate surface area is 54.0 Å². The van der Waals surface area contributed by atoms with Crippen molar-refractivity contribution in [2.45, 2.75) is 6.92 Å². The average Bonchev–Trinajstić information content (AvgIpc) is 1.90. The van der Waals surface area contributed by atoms with Crippen LogP contribution in [0.4, 0.5) is 4.39 Å². The SMILES string of the molecule is C/C=C(/F)C(=NC)OC. The van der Waals surface area contributed by atoms with Gasteiger partial charge < -0.3 is 4.74 Å². The molecule has 0 heterocycles. The van der Waals surface area contributed by atoms with Crippen molar-refractivity contribution in [1.82, 2.24) is 0 Å². The van der Waals surface area contributed by atoms with E-state index in [1.807, 2.05) is 0 Å². The lowest BCUT2D eigenvalue weighted by atomic mass is 10.5. The number of allylic oxidation sites excluding steroid dienone is 1. The molecule has 0 aliphatic heterocycles. The molecule has 0 spiro atoms. The van der Waals surface area contributed by atoms with Crippen molar-refractivity contribution < 1.29 is 9.13 Å². The lowest BCUT2D eigenvalue weighted by Gasteiger charge is -1.97. The Bertz CT molecular complexity index is 140. The second kappa shape index (κ2) is 4.06. The van der Waals surface area contributed by atoms with E-state index in [2.05, 4.69) is 9.73 Å². The summed E-state index contributed by atoms with van der Waals surface area (Å²) >= 11 is 0. The minimum atomic E-state index is -0.431. The normalized spacial score (nSPS) is 13.8. The van der Waals surface area contributed by atoms with Crippen molar-refractivity contribution in [2.24, 2.45) is 4.99 Å². The minimum absolute atomic E-state index is 0.0394. The predicted molar refractivity (Wildman–Crippen MR) is 35.2 cm³/mol. The van der Waals surface area contributed by atoms with Crippen molar-refractivity contribution in [3.8, 4) is 0 Å². The summed E-state index contributed by atoms with van der Waals surface area (Å²) in [6.07, 6.45) is 1.30. The van der Waals surface area contributed by atoms with Crippen LogP contribution in [0, 0.1) is 0 Å². The predicted octanol–water partition coefficient (Wildman–Crippen LogP) is 1.53. The number of ether oxygens (including phenoxy) is 1. The summed E-state index contributed by atoms with van der Waals surface area (Å²) in [6, 6.07) is 0. The first-order valence-electron chi connectivity index (χ1n) is 2.59. The zero-order valence-corrected chi connectivity index (χ0v) is 5.81. The molecule has 9 heavy (non-hydrogen) atoms. The topological polar surface area (TPSA) is 21.6 Å². The lowest BCUT2D eigenvalue weighted by Crippen LogP contribution is -2.00. The third-order valence-electron chi connectivity index (χ3n) is 0.854. The Morgan fingerprint density at radius 2 is 2.22 bits per heavy atom. The first-order valence-corrected chi connectivity index (χ1v) is 2.59. The molecule has 52 valence electrons. The van der Waals surface area contributed by atoms with Gasteiger partial charge in [-0.1, -0.05) is 0 Å². The molecule has 0 N–H and O–H groups in total. The first-order chi connectivity index (χ1) is 4.26. The molecule has 0 radical (unpaired) electrons. The second-order valence-electron chi connectivity index (χ2n) is 1.37. The molecule has 0 atom stereocenters. The lowest BCUT2D eigenvalue weighted by molar-refractivity contribution is 0.389. The van der Waals surface area contributed by atoms with Gasteiger partial charge in [0.05, 0.1) is 7.11 Å². The highest BCUT2D eigenvalue weighted by Crippen LogP contribution is 1.99. The van der Waals surface area contributed by atoms with Gasteiger partial charge >= 0.3 is 0 Å². The molecule has 0 unspecified atom stereocenters. The third-order valence-corrected chi connectivity index (χ3v) is 0.854. The Kier molecular flexibility index (Phi) is 3.67. The quantitative estimate of drug-likeness (QED) is 0.390. The van der Waals surface area contributed by atoms with Crippen molar-refractivity contribution >= 4 is 5.90 Å². The molecule has 0 saturated heterocycles. The highest BCUT2D eigenvalue weighted by molar-refractivity contribution is 5.90. The monoisotopic (exact) mass is 131 g/mol. The Hall–Kier alpha value is -0.860. The van der Waals surface area contributed by atoms with E-state index in [1.165, 1.54) is 20.2 Å². The highest BCUT2D eigenvalue weighted by atomic mass is 19.1. The standard InChI is InChI=1S/C6H10FNO/c1-4-5(7)6(8-2)9-3/h4H,1-3H3/b5-4+,8-6?. The smallest absolute Gasteiger partial charge is 0.244 e. The Morgan fingerprint density at radius 3 is 2.33 bits per heavy atom. The number of halogens is 1. The van der Waals surface area contributed by atoms with Crippen molar-refractivity contribution in [2.75, 3.05) is 14.2 Å². The van der Waals surface area contributed by atoms with Crippen molar-refractivity contribution in [3.63, 3.8) is 0 Å². The van der Waals surface area contributed by atoms with Crippen LogP contribution in [0.3, 0.4) is 0 Å². The van der Waals surface area contributed by atoms with Gasteiger partial charge in [-0.2, -0.15) is 0 Å². The third kappa shape index (κ3) is 2.26. The molecular weight excluding hydrogens is 121 g/mol. The fourth-order valence-electron chi connectivity index (χ4n) is 0.419. The average molecular weight is 131 g/mol. The van der Waals surface area contributed by atoms with Crippen LogP contribution >= 0.6 is 0 Å². The second-order valence-corrected chi connectivity index (χ2v) is 1.37. The van der Waals surface area contributed by atoms with Gasteiger partial charge in [0.25, 0.3) is 0 Å². The van der Waals surface area contributed by atoms with Gasteiger partial charge in [-0.25, -0.2) is 4.39 Å². The van der Waals surface area contributed by atoms with E-state index in [4.69, 9.17) is 0 Å². The van der Waals surface area contributed by atoms with Crippen LogP contribution in [0.15, 0.2) is 16.9 Å². The molecule has 0 aliphatic rings. The molecule has 0 saturated carbocycles. The Balaban J connectivity index is 4.14. The Morgan fingerprint density at radius 1 is 1.67 bits per heavy atom. The maximum absolute atomic E-state index is 12.4. The molecule has 0 aromatic carbocycles. The summed E-state index contributed by atoms with van der Waals surface area (Å²) in [7, 11) is 2.85. The zero-order chi connectivity index (χ0) is 7.28. The minimum Gasteiger partial charge on any atom is -0.479 e. The van der Waals surface area contributed by atoms with E-state index < -0.39 is 5.83 Å². The van der Waals surface area contributed by atoms with Crippen LogP contribution in [-0.2, 0) is 4.74 Å². The number of aliphatic imine (C=N–C) groups is 1. The van der Waals surface area contributed by atoms with E-state index in [0.717, 1.165) is 0 Å². The van der Waals surface area contributed by atoms with Crippen LogP contribution < -0.4 is 0 Å². The van der Waals surface area contributed by atoms with Crippen LogP contribution in [-0.4, -0.2) is 20.1 Å². The molecule has 3 heteroatoms. The molecule has 0 aromatic rings. The summed E-state index contributed by atoms with van der Waals surface area (Å²) in [5, 5.41) is 0. The van der Waals surface area contributed by atoms with Gasteiger partial charge in [0.15, 0.2) is 5.83 Å².